The van der Waals surface area contributed by atoms with Gasteiger partial charge in [0, 0.05) is 23.6 Å². The molecule has 1 aliphatic heterocycles. The molecule has 0 spiro atoms. The molecule has 3 rings (SSSR count). The Morgan fingerprint density at radius 3 is 2.75 bits per heavy atom. The number of fused-ring (bicyclic) bond motifs is 1. The van der Waals surface area contributed by atoms with Crippen LogP contribution in [0, 0.1) is 0 Å². The van der Waals surface area contributed by atoms with E-state index in [1.165, 1.54) is 4.90 Å². The third-order valence-corrected chi connectivity index (χ3v) is 6.12. The minimum Gasteiger partial charge on any atom is -0.480 e. The number of aliphatic carboxylic acids is 1. The molecule has 32 heavy (non-hydrogen) atoms. The lowest BCUT2D eigenvalue weighted by molar-refractivity contribution is -0.149. The van der Waals surface area contributed by atoms with Gasteiger partial charge in [0.05, 0.1) is 6.04 Å². The van der Waals surface area contributed by atoms with Crippen molar-refractivity contribution in [1.29, 1.82) is 0 Å². The van der Waals surface area contributed by atoms with Crippen LogP contribution in [0.25, 0.3) is 10.9 Å². The zero-order chi connectivity index (χ0) is 23.1. The topological polar surface area (TPSA) is 155 Å². The summed E-state index contributed by atoms with van der Waals surface area (Å²) in [6.45, 7) is 0.867. The number of carbonyl (C=O) groups is 3. The molecule has 2 heterocycles. The van der Waals surface area contributed by atoms with Gasteiger partial charge in [-0.2, -0.15) is 0 Å². The van der Waals surface area contributed by atoms with Crippen molar-refractivity contribution in [3.05, 3.63) is 36.0 Å². The highest BCUT2D eigenvalue weighted by molar-refractivity contribution is 5.92. The number of carboxylic acid groups (broad SMARTS) is 1. The Kier molecular flexibility index (Phi) is 8.24. The molecule has 0 bridgehead atoms. The number of H-pyrrole nitrogens is 1. The lowest BCUT2D eigenvalue weighted by atomic mass is 10.0. The molecule has 0 aliphatic carbocycles. The Morgan fingerprint density at radius 1 is 1.22 bits per heavy atom. The molecule has 2 aromatic rings. The first kappa shape index (κ1) is 23.7. The van der Waals surface area contributed by atoms with Gasteiger partial charge >= 0.3 is 5.97 Å². The quantitative estimate of drug-likeness (QED) is 0.328. The van der Waals surface area contributed by atoms with Crippen LogP contribution in [0.5, 0.6) is 0 Å². The summed E-state index contributed by atoms with van der Waals surface area (Å²) in [4.78, 5) is 41.9. The van der Waals surface area contributed by atoms with Gasteiger partial charge in [0.1, 0.15) is 12.1 Å². The summed E-state index contributed by atoms with van der Waals surface area (Å²) in [6, 6.07) is 5.52. The predicted molar refractivity (Wildman–Crippen MR) is 122 cm³/mol. The van der Waals surface area contributed by atoms with Crippen molar-refractivity contribution in [2.24, 2.45) is 11.5 Å². The summed E-state index contributed by atoms with van der Waals surface area (Å²) >= 11 is 0. The summed E-state index contributed by atoms with van der Waals surface area (Å²) in [7, 11) is 0. The molecule has 1 aromatic carbocycles. The van der Waals surface area contributed by atoms with Crippen molar-refractivity contribution in [2.75, 3.05) is 13.1 Å². The number of benzene rings is 1. The van der Waals surface area contributed by atoms with Gasteiger partial charge < -0.3 is 31.8 Å². The summed E-state index contributed by atoms with van der Waals surface area (Å²) in [6.07, 6.45) is 5.81. The summed E-state index contributed by atoms with van der Waals surface area (Å²) in [5, 5.41) is 13.3. The predicted octanol–water partition coefficient (Wildman–Crippen LogP) is 1.12. The van der Waals surface area contributed by atoms with Crippen molar-refractivity contribution in [2.45, 2.75) is 63.1 Å². The van der Waals surface area contributed by atoms with Crippen LogP contribution in [0.2, 0.25) is 0 Å². The van der Waals surface area contributed by atoms with Crippen LogP contribution in [-0.4, -0.2) is 64.0 Å². The van der Waals surface area contributed by atoms with Crippen molar-refractivity contribution in [3.63, 3.8) is 0 Å². The van der Waals surface area contributed by atoms with E-state index in [0.29, 0.717) is 58.0 Å². The monoisotopic (exact) mass is 443 g/mol. The van der Waals surface area contributed by atoms with E-state index < -0.39 is 30.0 Å². The zero-order valence-corrected chi connectivity index (χ0v) is 18.3. The fraction of sp³-hybridized carbons (Fsp3) is 0.522. The van der Waals surface area contributed by atoms with Gasteiger partial charge in [-0.1, -0.05) is 18.2 Å². The molecular formula is C23H33N5O4. The van der Waals surface area contributed by atoms with Crippen molar-refractivity contribution in [1.82, 2.24) is 15.2 Å². The van der Waals surface area contributed by atoms with Crippen LogP contribution >= 0.6 is 0 Å². The third-order valence-electron chi connectivity index (χ3n) is 6.12. The van der Waals surface area contributed by atoms with Crippen molar-refractivity contribution in [3.8, 4) is 0 Å². The number of nitrogens with two attached hydrogens (primary N) is 2. The first-order valence-corrected chi connectivity index (χ1v) is 11.3. The Bertz CT molecular complexity index is 943. The minimum atomic E-state index is -1.02. The van der Waals surface area contributed by atoms with Crippen LogP contribution < -0.4 is 16.8 Å². The summed E-state index contributed by atoms with van der Waals surface area (Å²) in [5.74, 6) is -1.77. The lowest BCUT2D eigenvalue weighted by Crippen LogP contribution is -2.54. The second kappa shape index (κ2) is 11.1. The number of likely N-dealkylation sites (tertiary alicyclic amines) is 1. The number of carboxylic acids is 1. The Balaban J connectivity index is 1.61. The number of para-hydroxylation sites is 1. The van der Waals surface area contributed by atoms with E-state index in [1.807, 2.05) is 30.5 Å². The van der Waals surface area contributed by atoms with E-state index in [2.05, 4.69) is 10.3 Å². The van der Waals surface area contributed by atoms with Crippen LogP contribution in [0.1, 0.15) is 44.1 Å². The number of nitrogens with one attached hydrogen (secondary N) is 2. The van der Waals surface area contributed by atoms with Gasteiger partial charge in [0.15, 0.2) is 0 Å². The largest absolute Gasteiger partial charge is 0.480 e. The molecule has 0 radical (unpaired) electrons. The Hall–Kier alpha value is -2.91. The number of aromatic nitrogens is 1. The van der Waals surface area contributed by atoms with Gasteiger partial charge in [-0.25, -0.2) is 4.79 Å². The van der Waals surface area contributed by atoms with Crippen LogP contribution in [0.3, 0.4) is 0 Å². The highest BCUT2D eigenvalue weighted by Gasteiger charge is 2.37. The second-order valence-corrected chi connectivity index (χ2v) is 8.38. The first-order chi connectivity index (χ1) is 15.4. The van der Waals surface area contributed by atoms with E-state index in [4.69, 9.17) is 11.5 Å². The molecule has 9 heteroatoms. The number of hydrogen-bond donors (Lipinski definition) is 5. The zero-order valence-electron chi connectivity index (χ0n) is 18.3. The highest BCUT2D eigenvalue weighted by Crippen LogP contribution is 2.21. The Morgan fingerprint density at radius 2 is 2.00 bits per heavy atom. The number of carbonyl (C=O) groups excluding carboxylic acids is 2. The molecule has 9 nitrogen and oxygen atoms in total. The normalized spacial score (nSPS) is 17.9. The van der Waals surface area contributed by atoms with Gasteiger partial charge in [0.25, 0.3) is 0 Å². The molecule has 0 saturated carbocycles. The van der Waals surface area contributed by atoms with Gasteiger partial charge in [0.2, 0.25) is 11.8 Å². The van der Waals surface area contributed by atoms with Crippen molar-refractivity contribution < 1.29 is 19.5 Å². The molecule has 3 atom stereocenters. The molecule has 1 aliphatic rings. The van der Waals surface area contributed by atoms with E-state index >= 15 is 0 Å². The number of rotatable bonds is 11. The molecule has 1 aromatic heterocycles. The maximum absolute atomic E-state index is 13.1. The maximum Gasteiger partial charge on any atom is 0.326 e. The number of aromatic amines is 1. The van der Waals surface area contributed by atoms with E-state index in [1.54, 1.807) is 0 Å². The number of nitrogens with zero attached hydrogens (tertiary/aromatic N) is 1. The van der Waals surface area contributed by atoms with Crippen LogP contribution in [0.15, 0.2) is 30.5 Å². The third kappa shape index (κ3) is 5.66. The van der Waals surface area contributed by atoms with Gasteiger partial charge in [-0.15, -0.1) is 0 Å². The molecule has 174 valence electrons. The minimum absolute atomic E-state index is 0.357. The average molecular weight is 444 g/mol. The summed E-state index contributed by atoms with van der Waals surface area (Å²) in [5.41, 5.74) is 13.8. The van der Waals surface area contributed by atoms with Crippen LogP contribution in [-0.2, 0) is 20.8 Å². The SMILES string of the molecule is NCCCC[C@H](NC(=O)[C@@H](N)CCc1c[nH]c2ccccc12)C(=O)N1CCC[C@H]1C(=O)O. The maximum atomic E-state index is 13.1. The van der Waals surface area contributed by atoms with E-state index in [-0.39, 0.29) is 5.91 Å². The first-order valence-electron chi connectivity index (χ1n) is 11.3. The molecule has 1 fully saturated rings. The lowest BCUT2D eigenvalue weighted by Gasteiger charge is -2.28. The fourth-order valence-corrected chi connectivity index (χ4v) is 4.30. The summed E-state index contributed by atoms with van der Waals surface area (Å²) < 4.78 is 0. The number of aryl methyl sites for hydroxylation is 1. The number of unbranched alkanes of at least 4 members (excludes halogenated alkanes) is 1. The molecule has 7 N–H and O–H groups in total. The molecular weight excluding hydrogens is 410 g/mol. The molecule has 2 amide bonds. The van der Waals surface area contributed by atoms with Crippen molar-refractivity contribution >= 4 is 28.7 Å². The van der Waals surface area contributed by atoms with E-state index in [9.17, 15) is 19.5 Å². The number of amides is 2. The average Bonchev–Trinajstić information content (AvgIpc) is 3.44. The van der Waals surface area contributed by atoms with Gasteiger partial charge in [-0.3, -0.25) is 9.59 Å². The number of hydrogen-bond acceptors (Lipinski definition) is 5. The highest BCUT2D eigenvalue weighted by atomic mass is 16.4. The smallest absolute Gasteiger partial charge is 0.326 e. The second-order valence-electron chi connectivity index (χ2n) is 8.38. The van der Waals surface area contributed by atoms with Crippen LogP contribution in [0.4, 0.5) is 0 Å². The van der Waals surface area contributed by atoms with Gasteiger partial charge in [-0.05, 0) is 63.1 Å². The van der Waals surface area contributed by atoms with E-state index in [0.717, 1.165) is 16.5 Å². The standard InChI is InChI=1S/C23H33N5O4/c24-12-4-3-8-19(22(30)28-13-5-9-20(28)23(31)32)27-21(29)17(25)11-10-15-14-26-18-7-2-1-6-16(15)18/h1-2,6-7,14,17,19-20,26H,3-5,8-13,24-25H2,(H,27,29)(H,31,32)/t17-,19-,20-/m0/s1. The Labute approximate surface area is 187 Å². The molecule has 0 unspecified atom stereocenters. The fourth-order valence-electron chi connectivity index (χ4n) is 4.30. The molecule has 1 saturated heterocycles.